The molecule has 162 valence electrons. The van der Waals surface area contributed by atoms with Crippen LogP contribution in [0.2, 0.25) is 0 Å². The Kier molecular flexibility index (Phi) is 7.35. The van der Waals surface area contributed by atoms with Crippen LogP contribution in [-0.2, 0) is 14.8 Å². The van der Waals surface area contributed by atoms with Crippen molar-refractivity contribution >= 4 is 15.9 Å². The molecule has 0 bridgehead atoms. The summed E-state index contributed by atoms with van der Waals surface area (Å²) in [7, 11) is -3.49. The predicted octanol–water partition coefficient (Wildman–Crippen LogP) is 2.91. The first kappa shape index (κ1) is 22.2. The maximum Gasteiger partial charge on any atom is 0.243 e. The lowest BCUT2D eigenvalue weighted by atomic mass is 9.99. The van der Waals surface area contributed by atoms with Gasteiger partial charge < -0.3 is 4.90 Å². The average Bonchev–Trinajstić information content (AvgIpc) is 2.78. The number of piperidine rings is 1. The number of hydrogen-bond donors (Lipinski definition) is 0. The van der Waals surface area contributed by atoms with E-state index in [4.69, 9.17) is 0 Å². The normalized spacial score (nSPS) is 21.7. The molecule has 0 N–H and O–H groups in total. The molecule has 7 heteroatoms. The molecule has 0 unspecified atom stereocenters. The third-order valence-electron chi connectivity index (χ3n) is 6.55. The number of nitrogens with zero attached hydrogens (tertiary/aromatic N) is 3. The summed E-state index contributed by atoms with van der Waals surface area (Å²) >= 11 is 0. The van der Waals surface area contributed by atoms with Gasteiger partial charge in [-0.05, 0) is 56.2 Å². The van der Waals surface area contributed by atoms with E-state index in [1.807, 2.05) is 24.0 Å². The quantitative estimate of drug-likeness (QED) is 0.709. The monoisotopic (exact) mass is 421 g/mol. The van der Waals surface area contributed by atoms with Crippen LogP contribution >= 0.6 is 0 Å². The maximum atomic E-state index is 13.0. The molecule has 1 amide bonds. The minimum atomic E-state index is -3.49. The van der Waals surface area contributed by atoms with Crippen molar-refractivity contribution in [1.82, 2.24) is 14.1 Å². The van der Waals surface area contributed by atoms with Crippen LogP contribution < -0.4 is 0 Å². The van der Waals surface area contributed by atoms with E-state index in [0.717, 1.165) is 32.4 Å². The average molecular weight is 422 g/mol. The molecule has 1 aromatic carbocycles. The van der Waals surface area contributed by atoms with Crippen LogP contribution in [0.1, 0.15) is 57.9 Å². The van der Waals surface area contributed by atoms with Crippen LogP contribution in [0.3, 0.4) is 0 Å². The molecule has 29 heavy (non-hydrogen) atoms. The van der Waals surface area contributed by atoms with Gasteiger partial charge in [-0.1, -0.05) is 26.0 Å². The SMILES string of the molecule is CC[C@@H](C)c1ccc(S(=O)(=O)N2CCN([C@H](C)C(=O)N3CCCCC3)CC2)cc1. The minimum Gasteiger partial charge on any atom is -0.341 e. The fraction of sp³-hybridized carbons (Fsp3) is 0.682. The highest BCUT2D eigenvalue weighted by Gasteiger charge is 2.33. The van der Waals surface area contributed by atoms with Crippen molar-refractivity contribution in [3.8, 4) is 0 Å². The third kappa shape index (κ3) is 5.01. The molecule has 0 aromatic heterocycles. The molecular formula is C22H35N3O3S. The Hall–Kier alpha value is -1.44. The number of rotatable bonds is 6. The second-order valence-corrected chi connectivity index (χ2v) is 10.3. The predicted molar refractivity (Wildman–Crippen MR) is 115 cm³/mol. The Morgan fingerprint density at radius 3 is 2.07 bits per heavy atom. The summed E-state index contributed by atoms with van der Waals surface area (Å²) in [6.07, 6.45) is 4.40. The van der Waals surface area contributed by atoms with E-state index in [1.54, 1.807) is 16.4 Å². The molecule has 2 fully saturated rings. The number of hydrogen-bond acceptors (Lipinski definition) is 4. The van der Waals surface area contributed by atoms with Crippen molar-refractivity contribution < 1.29 is 13.2 Å². The molecule has 3 rings (SSSR count). The zero-order chi connectivity index (χ0) is 21.0. The van der Waals surface area contributed by atoms with E-state index in [0.29, 0.717) is 37.0 Å². The fourth-order valence-electron chi connectivity index (χ4n) is 4.22. The van der Waals surface area contributed by atoms with E-state index in [-0.39, 0.29) is 11.9 Å². The molecule has 1 aromatic rings. The van der Waals surface area contributed by atoms with Gasteiger partial charge in [-0.2, -0.15) is 4.31 Å². The first-order valence-electron chi connectivity index (χ1n) is 11.0. The Morgan fingerprint density at radius 1 is 0.931 bits per heavy atom. The smallest absolute Gasteiger partial charge is 0.243 e. The van der Waals surface area contributed by atoms with Crippen LogP contribution in [0.5, 0.6) is 0 Å². The van der Waals surface area contributed by atoms with Crippen LogP contribution in [0.25, 0.3) is 0 Å². The number of sulfonamides is 1. The van der Waals surface area contributed by atoms with Crippen LogP contribution in [0, 0.1) is 0 Å². The van der Waals surface area contributed by atoms with Gasteiger partial charge in [0.15, 0.2) is 0 Å². The summed E-state index contributed by atoms with van der Waals surface area (Å²) in [5.74, 6) is 0.607. The second kappa shape index (κ2) is 9.58. The Bertz CT molecular complexity index is 780. The molecule has 2 aliphatic heterocycles. The van der Waals surface area contributed by atoms with Crippen molar-refractivity contribution in [1.29, 1.82) is 0 Å². The highest BCUT2D eigenvalue weighted by Crippen LogP contribution is 2.23. The minimum absolute atomic E-state index is 0.182. The summed E-state index contributed by atoms with van der Waals surface area (Å²) in [6.45, 7) is 9.96. The van der Waals surface area contributed by atoms with Crippen LogP contribution in [0.4, 0.5) is 0 Å². The number of piperazine rings is 1. The zero-order valence-electron chi connectivity index (χ0n) is 18.0. The van der Waals surface area contributed by atoms with Gasteiger partial charge in [-0.15, -0.1) is 0 Å². The van der Waals surface area contributed by atoms with Crippen LogP contribution in [-0.4, -0.2) is 73.7 Å². The molecular weight excluding hydrogens is 386 g/mol. The molecule has 0 aliphatic carbocycles. The Morgan fingerprint density at radius 2 is 1.52 bits per heavy atom. The fourth-order valence-corrected chi connectivity index (χ4v) is 5.64. The molecule has 6 nitrogen and oxygen atoms in total. The maximum absolute atomic E-state index is 13.0. The Labute approximate surface area is 175 Å². The van der Waals surface area contributed by atoms with Crippen molar-refractivity contribution in [2.45, 2.75) is 63.3 Å². The first-order valence-corrected chi connectivity index (χ1v) is 12.4. The van der Waals surface area contributed by atoms with Gasteiger partial charge in [0.2, 0.25) is 15.9 Å². The van der Waals surface area contributed by atoms with Gasteiger partial charge in [0.25, 0.3) is 0 Å². The number of amides is 1. The number of likely N-dealkylation sites (tertiary alicyclic amines) is 1. The number of benzene rings is 1. The second-order valence-electron chi connectivity index (χ2n) is 8.38. The summed E-state index contributed by atoms with van der Waals surface area (Å²) in [5.41, 5.74) is 1.17. The van der Waals surface area contributed by atoms with Crippen molar-refractivity contribution in [2.24, 2.45) is 0 Å². The highest BCUT2D eigenvalue weighted by molar-refractivity contribution is 7.89. The molecule has 2 atom stereocenters. The lowest BCUT2D eigenvalue weighted by Crippen LogP contribution is -2.55. The largest absolute Gasteiger partial charge is 0.341 e. The standard InChI is InChI=1S/C22H35N3O3S/c1-4-18(2)20-8-10-21(11-9-20)29(27,28)25-16-14-23(15-17-25)19(3)22(26)24-12-6-5-7-13-24/h8-11,18-19H,4-7,12-17H2,1-3H3/t18-,19-/m1/s1. The summed E-state index contributed by atoms with van der Waals surface area (Å²) in [4.78, 5) is 17.2. The van der Waals surface area contributed by atoms with Gasteiger partial charge >= 0.3 is 0 Å². The summed E-state index contributed by atoms with van der Waals surface area (Å²) in [6, 6.07) is 7.12. The molecule has 2 saturated heterocycles. The van der Waals surface area contributed by atoms with E-state index in [1.165, 1.54) is 12.0 Å². The van der Waals surface area contributed by atoms with Crippen LogP contribution in [0.15, 0.2) is 29.2 Å². The zero-order valence-corrected chi connectivity index (χ0v) is 18.8. The van der Waals surface area contributed by atoms with Gasteiger partial charge in [0.05, 0.1) is 10.9 Å². The van der Waals surface area contributed by atoms with Crippen molar-refractivity contribution in [2.75, 3.05) is 39.3 Å². The van der Waals surface area contributed by atoms with Crippen molar-refractivity contribution in [3.63, 3.8) is 0 Å². The molecule has 0 spiro atoms. The lowest BCUT2D eigenvalue weighted by Gasteiger charge is -2.39. The number of carbonyl (C=O) groups is 1. The van der Waals surface area contributed by atoms with Gasteiger partial charge in [0.1, 0.15) is 0 Å². The summed E-state index contributed by atoms with van der Waals surface area (Å²) in [5, 5.41) is 0. The van der Waals surface area contributed by atoms with Crippen molar-refractivity contribution in [3.05, 3.63) is 29.8 Å². The molecule has 2 aliphatic rings. The van der Waals surface area contributed by atoms with E-state index in [2.05, 4.69) is 18.7 Å². The van der Waals surface area contributed by atoms with E-state index < -0.39 is 10.0 Å². The first-order chi connectivity index (χ1) is 13.8. The van der Waals surface area contributed by atoms with E-state index in [9.17, 15) is 13.2 Å². The van der Waals surface area contributed by atoms with Gasteiger partial charge in [-0.25, -0.2) is 8.42 Å². The molecule has 0 radical (unpaired) electrons. The Balaban J connectivity index is 1.59. The topological polar surface area (TPSA) is 60.9 Å². The third-order valence-corrected chi connectivity index (χ3v) is 8.46. The molecule has 0 saturated carbocycles. The number of carbonyl (C=O) groups excluding carboxylic acids is 1. The van der Waals surface area contributed by atoms with E-state index >= 15 is 0 Å². The van der Waals surface area contributed by atoms with Gasteiger partial charge in [0, 0.05) is 39.3 Å². The van der Waals surface area contributed by atoms with Gasteiger partial charge in [-0.3, -0.25) is 9.69 Å². The highest BCUT2D eigenvalue weighted by atomic mass is 32.2. The molecule has 2 heterocycles. The lowest BCUT2D eigenvalue weighted by molar-refractivity contribution is -0.137. The summed E-state index contributed by atoms with van der Waals surface area (Å²) < 4.78 is 27.6.